The third-order valence-corrected chi connectivity index (χ3v) is 4.70. The first-order valence-electron chi connectivity index (χ1n) is 7.67. The maximum atomic E-state index is 4.74. The maximum Gasteiger partial charge on any atom is 0.128 e. The molecule has 0 spiro atoms. The number of anilines is 1. The molecule has 1 atom stereocenters. The molecule has 0 aliphatic carbocycles. The van der Waals surface area contributed by atoms with Crippen LogP contribution in [0.25, 0.3) is 0 Å². The Labute approximate surface area is 116 Å². The zero-order valence-corrected chi connectivity index (χ0v) is 12.2. The molecule has 2 aliphatic rings. The van der Waals surface area contributed by atoms with Gasteiger partial charge in [-0.15, -0.1) is 0 Å². The molecular weight excluding hydrogens is 234 g/mol. The molecule has 3 heteroatoms. The number of nitrogens with zero attached hydrogens (tertiary/aromatic N) is 3. The van der Waals surface area contributed by atoms with Crippen molar-refractivity contribution in [2.45, 2.75) is 45.1 Å². The summed E-state index contributed by atoms with van der Waals surface area (Å²) in [6, 6.07) is 2.88. The molecule has 0 bridgehead atoms. The van der Waals surface area contributed by atoms with Crippen LogP contribution in [0.2, 0.25) is 0 Å². The molecule has 2 saturated heterocycles. The van der Waals surface area contributed by atoms with Crippen molar-refractivity contribution in [1.82, 2.24) is 9.88 Å². The predicted octanol–water partition coefficient (Wildman–Crippen LogP) is 3.15. The number of piperidine rings is 1. The molecule has 1 unspecified atom stereocenters. The Balaban J connectivity index is 1.81. The molecule has 2 fully saturated rings. The van der Waals surface area contributed by atoms with E-state index in [0.717, 1.165) is 0 Å². The second kappa shape index (κ2) is 5.49. The summed E-state index contributed by atoms with van der Waals surface area (Å²) in [5.74, 6) is 1.18. The molecule has 0 saturated carbocycles. The molecule has 3 nitrogen and oxygen atoms in total. The van der Waals surface area contributed by atoms with Crippen LogP contribution in [0.4, 0.5) is 5.82 Å². The van der Waals surface area contributed by atoms with Crippen LogP contribution in [0.3, 0.4) is 0 Å². The van der Waals surface area contributed by atoms with E-state index >= 15 is 0 Å². The largest absolute Gasteiger partial charge is 0.357 e. The van der Waals surface area contributed by atoms with Crippen molar-refractivity contribution in [1.29, 1.82) is 0 Å². The highest BCUT2D eigenvalue weighted by molar-refractivity contribution is 5.44. The maximum absolute atomic E-state index is 4.74. The predicted molar refractivity (Wildman–Crippen MR) is 79.6 cm³/mol. The quantitative estimate of drug-likeness (QED) is 0.813. The number of rotatable bonds is 2. The monoisotopic (exact) mass is 259 g/mol. The van der Waals surface area contributed by atoms with Gasteiger partial charge < -0.3 is 4.90 Å². The summed E-state index contributed by atoms with van der Waals surface area (Å²) in [7, 11) is 2.23. The van der Waals surface area contributed by atoms with E-state index < -0.39 is 0 Å². The number of aromatic nitrogens is 1. The molecule has 0 radical (unpaired) electrons. The van der Waals surface area contributed by atoms with E-state index in [9.17, 15) is 0 Å². The van der Waals surface area contributed by atoms with Crippen LogP contribution < -0.4 is 4.90 Å². The first kappa shape index (κ1) is 12.9. The minimum atomic E-state index is 0.586. The number of pyridine rings is 1. The number of likely N-dealkylation sites (tertiary alicyclic amines) is 1. The fourth-order valence-corrected chi connectivity index (χ4v) is 3.50. The second-order valence-corrected chi connectivity index (χ2v) is 6.09. The van der Waals surface area contributed by atoms with E-state index in [1.807, 2.05) is 0 Å². The lowest BCUT2D eigenvalue weighted by Gasteiger charge is -2.29. The van der Waals surface area contributed by atoms with Gasteiger partial charge in [0.15, 0.2) is 0 Å². The molecule has 3 rings (SSSR count). The number of hydrogen-bond donors (Lipinski definition) is 0. The standard InChI is InChI=1S/C16H25N3/c1-13-11-16(19-9-4-3-5-10-19)17-12-14(13)15-7-6-8-18(15)2/h11-12,15H,3-10H2,1-2H3. The zero-order chi connectivity index (χ0) is 13.2. The Morgan fingerprint density at radius 1 is 1.11 bits per heavy atom. The third-order valence-electron chi connectivity index (χ3n) is 4.70. The van der Waals surface area contributed by atoms with Crippen LogP contribution in [0.1, 0.15) is 49.3 Å². The Morgan fingerprint density at radius 3 is 2.53 bits per heavy atom. The lowest BCUT2D eigenvalue weighted by Crippen LogP contribution is -2.30. The van der Waals surface area contributed by atoms with Gasteiger partial charge in [-0.05, 0) is 69.8 Å². The molecule has 19 heavy (non-hydrogen) atoms. The van der Waals surface area contributed by atoms with Crippen LogP contribution in [0.15, 0.2) is 12.3 Å². The first-order chi connectivity index (χ1) is 9.25. The number of aryl methyl sites for hydroxylation is 1. The fraction of sp³-hybridized carbons (Fsp3) is 0.688. The first-order valence-corrected chi connectivity index (χ1v) is 7.67. The van der Waals surface area contributed by atoms with Crippen molar-refractivity contribution < 1.29 is 0 Å². The lowest BCUT2D eigenvalue weighted by molar-refractivity contribution is 0.316. The fourth-order valence-electron chi connectivity index (χ4n) is 3.50. The minimum absolute atomic E-state index is 0.586. The Bertz CT molecular complexity index is 438. The van der Waals surface area contributed by atoms with Crippen molar-refractivity contribution in [2.24, 2.45) is 0 Å². The summed E-state index contributed by atoms with van der Waals surface area (Å²) in [4.78, 5) is 9.65. The highest BCUT2D eigenvalue weighted by Crippen LogP contribution is 2.33. The van der Waals surface area contributed by atoms with Crippen molar-refractivity contribution in [3.8, 4) is 0 Å². The van der Waals surface area contributed by atoms with Gasteiger partial charge in [-0.2, -0.15) is 0 Å². The summed E-state index contributed by atoms with van der Waals surface area (Å²) < 4.78 is 0. The normalized spacial score (nSPS) is 24.9. The van der Waals surface area contributed by atoms with Gasteiger partial charge in [0.2, 0.25) is 0 Å². The van der Waals surface area contributed by atoms with Gasteiger partial charge in [0, 0.05) is 25.3 Å². The van der Waals surface area contributed by atoms with Crippen LogP contribution in [-0.4, -0.2) is 36.6 Å². The van der Waals surface area contributed by atoms with Crippen LogP contribution in [0, 0.1) is 6.92 Å². The van der Waals surface area contributed by atoms with Gasteiger partial charge in [0.1, 0.15) is 5.82 Å². The van der Waals surface area contributed by atoms with Crippen LogP contribution in [0.5, 0.6) is 0 Å². The molecule has 1 aromatic rings. The van der Waals surface area contributed by atoms with E-state index in [1.54, 1.807) is 0 Å². The summed E-state index contributed by atoms with van der Waals surface area (Å²) in [6.45, 7) is 5.82. The SMILES string of the molecule is Cc1cc(N2CCCCC2)ncc1C1CCCN1C. The molecule has 1 aromatic heterocycles. The second-order valence-electron chi connectivity index (χ2n) is 6.09. The topological polar surface area (TPSA) is 19.4 Å². The van der Waals surface area contributed by atoms with Gasteiger partial charge >= 0.3 is 0 Å². The van der Waals surface area contributed by atoms with E-state index in [0.29, 0.717) is 6.04 Å². The van der Waals surface area contributed by atoms with Gasteiger partial charge in [-0.3, -0.25) is 4.90 Å². The highest BCUT2D eigenvalue weighted by Gasteiger charge is 2.24. The van der Waals surface area contributed by atoms with Crippen molar-refractivity contribution in [2.75, 3.05) is 31.6 Å². The molecule has 0 amide bonds. The molecule has 0 N–H and O–H groups in total. The van der Waals surface area contributed by atoms with Gasteiger partial charge in [0.05, 0.1) is 0 Å². The highest BCUT2D eigenvalue weighted by atomic mass is 15.2. The molecular formula is C16H25N3. The molecule has 0 aromatic carbocycles. The summed E-state index contributed by atoms with van der Waals surface area (Å²) >= 11 is 0. The van der Waals surface area contributed by atoms with Crippen LogP contribution in [-0.2, 0) is 0 Å². The van der Waals surface area contributed by atoms with Gasteiger partial charge in [-0.25, -0.2) is 4.98 Å². The Morgan fingerprint density at radius 2 is 1.89 bits per heavy atom. The van der Waals surface area contributed by atoms with E-state index in [1.165, 1.54) is 68.7 Å². The average Bonchev–Trinajstić information content (AvgIpc) is 2.86. The van der Waals surface area contributed by atoms with Gasteiger partial charge in [-0.1, -0.05) is 0 Å². The molecule has 3 heterocycles. The lowest BCUT2D eigenvalue weighted by atomic mass is 10.0. The number of hydrogen-bond acceptors (Lipinski definition) is 3. The van der Waals surface area contributed by atoms with E-state index in [4.69, 9.17) is 4.98 Å². The minimum Gasteiger partial charge on any atom is -0.357 e. The summed E-state index contributed by atoms with van der Waals surface area (Å²) in [5, 5.41) is 0. The zero-order valence-electron chi connectivity index (χ0n) is 12.2. The molecule has 2 aliphatic heterocycles. The third kappa shape index (κ3) is 2.62. The van der Waals surface area contributed by atoms with Crippen LogP contribution >= 0.6 is 0 Å². The van der Waals surface area contributed by atoms with Crippen molar-refractivity contribution >= 4 is 5.82 Å². The van der Waals surface area contributed by atoms with Gasteiger partial charge in [0.25, 0.3) is 0 Å². The Kier molecular flexibility index (Phi) is 3.74. The van der Waals surface area contributed by atoms with E-state index in [-0.39, 0.29) is 0 Å². The smallest absolute Gasteiger partial charge is 0.128 e. The summed E-state index contributed by atoms with van der Waals surface area (Å²) in [6.07, 6.45) is 8.73. The van der Waals surface area contributed by atoms with E-state index in [2.05, 4.69) is 36.0 Å². The molecule has 104 valence electrons. The Hall–Kier alpha value is -1.09. The average molecular weight is 259 g/mol. The van der Waals surface area contributed by atoms with Crippen molar-refractivity contribution in [3.05, 3.63) is 23.4 Å². The van der Waals surface area contributed by atoms with Crippen molar-refractivity contribution in [3.63, 3.8) is 0 Å². The summed E-state index contributed by atoms with van der Waals surface area (Å²) in [5.41, 5.74) is 2.84.